The van der Waals surface area contributed by atoms with Gasteiger partial charge in [0.05, 0.1) is 12.0 Å². The van der Waals surface area contributed by atoms with Crippen LogP contribution in [0.4, 0.5) is 0 Å². The summed E-state index contributed by atoms with van der Waals surface area (Å²) in [4.78, 5) is 27.2. The van der Waals surface area contributed by atoms with E-state index in [2.05, 4.69) is 0 Å². The molecule has 2 unspecified atom stereocenters. The monoisotopic (exact) mass is 298 g/mol. The number of hydrogen-bond acceptors (Lipinski definition) is 5. The molecule has 0 radical (unpaired) electrons. The van der Waals surface area contributed by atoms with Gasteiger partial charge in [-0.1, -0.05) is 0 Å². The zero-order valence-corrected chi connectivity index (χ0v) is 12.3. The molecule has 1 fully saturated rings. The quantitative estimate of drug-likeness (QED) is 0.871. The topological polar surface area (TPSA) is 74.0 Å². The predicted octanol–water partition coefficient (Wildman–Crippen LogP) is 0.911. The van der Waals surface area contributed by atoms with Crippen LogP contribution >= 0.6 is 11.8 Å². The summed E-state index contributed by atoms with van der Waals surface area (Å²) in [7, 11) is 3.83. The third-order valence-corrected chi connectivity index (χ3v) is 4.43. The Morgan fingerprint density at radius 2 is 2.35 bits per heavy atom. The molecule has 1 saturated heterocycles. The maximum Gasteiger partial charge on any atom is 0.319 e. The van der Waals surface area contributed by atoms with Crippen LogP contribution in [-0.2, 0) is 9.59 Å². The van der Waals surface area contributed by atoms with Gasteiger partial charge in [0.1, 0.15) is 17.1 Å². The molecule has 20 heavy (non-hydrogen) atoms. The molecule has 6 nitrogen and oxygen atoms in total. The lowest BCUT2D eigenvalue weighted by Crippen LogP contribution is -2.49. The Morgan fingerprint density at radius 3 is 2.90 bits per heavy atom. The van der Waals surface area contributed by atoms with Crippen molar-refractivity contribution in [3.63, 3.8) is 0 Å². The van der Waals surface area contributed by atoms with Gasteiger partial charge in [-0.15, -0.1) is 11.8 Å². The van der Waals surface area contributed by atoms with Gasteiger partial charge in [-0.3, -0.25) is 9.59 Å². The number of thioether (sulfide) groups is 1. The summed E-state index contributed by atoms with van der Waals surface area (Å²) in [6, 6.07) is 2.89. The summed E-state index contributed by atoms with van der Waals surface area (Å²) in [5, 5.41) is 8.68. The van der Waals surface area contributed by atoms with Crippen molar-refractivity contribution in [1.29, 1.82) is 0 Å². The van der Waals surface area contributed by atoms with Crippen molar-refractivity contribution >= 4 is 23.6 Å². The van der Waals surface area contributed by atoms with Gasteiger partial charge in [-0.2, -0.15) is 0 Å². The minimum Gasteiger partial charge on any atom is -0.480 e. The van der Waals surface area contributed by atoms with E-state index in [0.717, 1.165) is 11.8 Å². The van der Waals surface area contributed by atoms with Crippen molar-refractivity contribution in [2.24, 2.45) is 0 Å². The van der Waals surface area contributed by atoms with E-state index in [4.69, 9.17) is 4.42 Å². The Labute approximate surface area is 121 Å². The van der Waals surface area contributed by atoms with Crippen molar-refractivity contribution in [2.45, 2.75) is 11.3 Å². The van der Waals surface area contributed by atoms with Gasteiger partial charge >= 0.3 is 5.97 Å². The summed E-state index contributed by atoms with van der Waals surface area (Å²) >= 11 is 1.16. The average Bonchev–Trinajstić information content (AvgIpc) is 2.89. The first-order valence-electron chi connectivity index (χ1n) is 6.32. The fourth-order valence-electron chi connectivity index (χ4n) is 2.19. The summed E-state index contributed by atoms with van der Waals surface area (Å²) in [6.45, 7) is 1.17. The molecule has 0 spiro atoms. The fraction of sp³-hybridized carbons (Fsp3) is 0.538. The fourth-order valence-corrected chi connectivity index (χ4v) is 3.29. The van der Waals surface area contributed by atoms with E-state index in [1.807, 2.05) is 19.0 Å². The summed E-state index contributed by atoms with van der Waals surface area (Å²) in [5.74, 6) is -0.243. The molecular weight excluding hydrogens is 280 g/mol. The van der Waals surface area contributed by atoms with Crippen molar-refractivity contribution in [2.75, 3.05) is 32.9 Å². The first-order chi connectivity index (χ1) is 9.50. The number of carboxylic acid groups (broad SMARTS) is 1. The highest BCUT2D eigenvalue weighted by Gasteiger charge is 2.42. The van der Waals surface area contributed by atoms with Gasteiger partial charge in [0.2, 0.25) is 5.91 Å². The molecule has 110 valence electrons. The molecule has 1 aliphatic heterocycles. The molecule has 1 aromatic heterocycles. The third-order valence-electron chi connectivity index (χ3n) is 3.20. The maximum atomic E-state index is 12.1. The van der Waals surface area contributed by atoms with E-state index >= 15 is 0 Å². The number of furan rings is 1. The molecule has 1 aromatic rings. The molecule has 2 atom stereocenters. The third kappa shape index (κ3) is 3.16. The van der Waals surface area contributed by atoms with E-state index in [9.17, 15) is 14.7 Å². The maximum absolute atomic E-state index is 12.1. The molecule has 1 aliphatic rings. The van der Waals surface area contributed by atoms with Crippen LogP contribution < -0.4 is 0 Å². The molecular formula is C13H18N2O4S. The number of hydrogen-bond donors (Lipinski definition) is 1. The van der Waals surface area contributed by atoms with Crippen LogP contribution in [0.25, 0.3) is 0 Å². The number of aliphatic carboxylic acids is 1. The van der Waals surface area contributed by atoms with Crippen LogP contribution in [-0.4, -0.2) is 65.0 Å². The largest absolute Gasteiger partial charge is 0.480 e. The Kier molecular flexibility index (Phi) is 4.72. The van der Waals surface area contributed by atoms with E-state index in [1.165, 1.54) is 6.26 Å². The number of nitrogens with zero attached hydrogens (tertiary/aromatic N) is 2. The summed E-state index contributed by atoms with van der Waals surface area (Å²) in [5.41, 5.74) is 0. The number of rotatable bonds is 5. The van der Waals surface area contributed by atoms with E-state index in [0.29, 0.717) is 18.8 Å². The molecule has 0 aromatic carbocycles. The number of amides is 1. The minimum atomic E-state index is -0.918. The van der Waals surface area contributed by atoms with Gasteiger partial charge in [0.15, 0.2) is 0 Å². The van der Waals surface area contributed by atoms with Crippen LogP contribution in [0, 0.1) is 0 Å². The highest BCUT2D eigenvalue weighted by atomic mass is 32.2. The second kappa shape index (κ2) is 6.32. The second-order valence-corrected chi connectivity index (χ2v) is 6.05. The SMILES string of the molecule is CN(C)CCN1C(=O)CSC(C(=O)O)C1c1ccco1. The molecule has 2 heterocycles. The van der Waals surface area contributed by atoms with Gasteiger partial charge in [0.25, 0.3) is 0 Å². The van der Waals surface area contributed by atoms with E-state index in [1.54, 1.807) is 17.0 Å². The van der Waals surface area contributed by atoms with Crippen LogP contribution in [0.15, 0.2) is 22.8 Å². The highest BCUT2D eigenvalue weighted by Crippen LogP contribution is 2.37. The first-order valence-corrected chi connectivity index (χ1v) is 7.37. The number of carbonyl (C=O) groups is 2. The Bertz CT molecular complexity index is 475. The standard InChI is InChI=1S/C13H18N2O4S/c1-14(2)5-6-15-10(16)8-20-12(13(17)18)11(15)9-4-3-7-19-9/h3-4,7,11-12H,5-6,8H2,1-2H3,(H,17,18). The lowest BCUT2D eigenvalue weighted by molar-refractivity contribution is -0.140. The summed E-state index contributed by atoms with van der Waals surface area (Å²) in [6.07, 6.45) is 1.50. The lowest BCUT2D eigenvalue weighted by atomic mass is 10.1. The Hall–Kier alpha value is -1.47. The van der Waals surface area contributed by atoms with Crippen LogP contribution in [0.3, 0.4) is 0 Å². The zero-order chi connectivity index (χ0) is 14.7. The molecule has 0 saturated carbocycles. The molecule has 0 bridgehead atoms. The lowest BCUT2D eigenvalue weighted by Gasteiger charge is -2.38. The highest BCUT2D eigenvalue weighted by molar-refractivity contribution is 8.01. The molecule has 1 N–H and O–H groups in total. The van der Waals surface area contributed by atoms with Gasteiger partial charge < -0.3 is 19.3 Å². The number of likely N-dealkylation sites (N-methyl/N-ethyl adjacent to an activating group) is 1. The predicted molar refractivity (Wildman–Crippen MR) is 75.6 cm³/mol. The molecule has 0 aliphatic carbocycles. The second-order valence-electron chi connectivity index (χ2n) is 4.92. The van der Waals surface area contributed by atoms with E-state index in [-0.39, 0.29) is 11.7 Å². The van der Waals surface area contributed by atoms with Crippen LogP contribution in [0.1, 0.15) is 11.8 Å². The van der Waals surface area contributed by atoms with Crippen molar-refractivity contribution in [3.8, 4) is 0 Å². The number of carbonyl (C=O) groups excluding carboxylic acids is 1. The van der Waals surface area contributed by atoms with Crippen LogP contribution in [0.2, 0.25) is 0 Å². The van der Waals surface area contributed by atoms with Crippen molar-refractivity contribution in [1.82, 2.24) is 9.80 Å². The summed E-state index contributed by atoms with van der Waals surface area (Å²) < 4.78 is 5.35. The van der Waals surface area contributed by atoms with Gasteiger partial charge in [-0.25, -0.2) is 0 Å². The zero-order valence-electron chi connectivity index (χ0n) is 11.5. The Morgan fingerprint density at radius 1 is 1.60 bits per heavy atom. The first kappa shape index (κ1) is 14.9. The average molecular weight is 298 g/mol. The number of carboxylic acids is 1. The minimum absolute atomic E-state index is 0.0456. The van der Waals surface area contributed by atoms with Crippen LogP contribution in [0.5, 0.6) is 0 Å². The smallest absolute Gasteiger partial charge is 0.319 e. The normalized spacial score (nSPS) is 23.4. The van der Waals surface area contributed by atoms with Gasteiger partial charge in [-0.05, 0) is 26.2 Å². The molecule has 7 heteroatoms. The van der Waals surface area contributed by atoms with E-state index < -0.39 is 17.3 Å². The molecule has 1 amide bonds. The van der Waals surface area contributed by atoms with Crippen molar-refractivity contribution in [3.05, 3.63) is 24.2 Å². The van der Waals surface area contributed by atoms with Crippen molar-refractivity contribution < 1.29 is 19.1 Å². The Balaban J connectivity index is 2.27. The van der Waals surface area contributed by atoms with Gasteiger partial charge in [0, 0.05) is 13.1 Å². The molecule has 2 rings (SSSR count).